The summed E-state index contributed by atoms with van der Waals surface area (Å²) in [6, 6.07) is 15.0. The number of ether oxygens (including phenoxy) is 1. The van der Waals surface area contributed by atoms with Crippen LogP contribution in [0.4, 0.5) is 10.5 Å². The lowest BCUT2D eigenvalue weighted by atomic mass is 10.1. The van der Waals surface area contributed by atoms with Crippen LogP contribution in [0.3, 0.4) is 0 Å². The molecule has 0 fully saturated rings. The highest BCUT2D eigenvalue weighted by atomic mass is 79.9. The van der Waals surface area contributed by atoms with Crippen molar-refractivity contribution in [1.29, 1.82) is 0 Å². The van der Waals surface area contributed by atoms with E-state index in [0.29, 0.717) is 5.69 Å². The van der Waals surface area contributed by atoms with Crippen LogP contribution >= 0.6 is 15.9 Å². The minimum absolute atomic E-state index is 0.273. The van der Waals surface area contributed by atoms with Crippen molar-refractivity contribution in [2.75, 3.05) is 11.9 Å². The van der Waals surface area contributed by atoms with Gasteiger partial charge in [0.2, 0.25) is 5.91 Å². The number of halogens is 1. The van der Waals surface area contributed by atoms with Gasteiger partial charge in [0, 0.05) is 16.6 Å². The SMILES string of the molecule is CC(C)(C)OC(=O)CNC(=O)C(Cc1ccccc1)NC(=O)Nc1ccc(Br)cc1. The minimum atomic E-state index is -0.870. The van der Waals surface area contributed by atoms with Gasteiger partial charge in [-0.05, 0) is 50.6 Å². The van der Waals surface area contributed by atoms with Crippen LogP contribution in [0.5, 0.6) is 0 Å². The molecule has 30 heavy (non-hydrogen) atoms. The van der Waals surface area contributed by atoms with Crippen molar-refractivity contribution in [3.63, 3.8) is 0 Å². The molecule has 2 rings (SSSR count). The van der Waals surface area contributed by atoms with Crippen molar-refractivity contribution in [1.82, 2.24) is 10.6 Å². The molecule has 0 heterocycles. The summed E-state index contributed by atoms with van der Waals surface area (Å²) >= 11 is 3.34. The molecule has 0 aromatic heterocycles. The molecular weight excluding hydrogens is 450 g/mol. The second-order valence-corrected chi connectivity index (χ2v) is 8.57. The zero-order chi connectivity index (χ0) is 22.1. The first-order valence-electron chi connectivity index (χ1n) is 9.49. The van der Waals surface area contributed by atoms with Crippen LogP contribution in [0.25, 0.3) is 0 Å². The van der Waals surface area contributed by atoms with E-state index in [2.05, 4.69) is 31.9 Å². The number of carbonyl (C=O) groups is 3. The molecule has 0 bridgehead atoms. The first-order chi connectivity index (χ1) is 14.1. The molecule has 7 nitrogen and oxygen atoms in total. The molecule has 8 heteroatoms. The number of rotatable bonds is 7. The van der Waals surface area contributed by atoms with Crippen LogP contribution in [0.15, 0.2) is 59.1 Å². The third-order valence-electron chi connectivity index (χ3n) is 3.83. The highest BCUT2D eigenvalue weighted by Gasteiger charge is 2.23. The van der Waals surface area contributed by atoms with Crippen molar-refractivity contribution in [3.05, 3.63) is 64.6 Å². The fourth-order valence-electron chi connectivity index (χ4n) is 2.58. The first kappa shape index (κ1) is 23.4. The lowest BCUT2D eigenvalue weighted by Gasteiger charge is -2.21. The van der Waals surface area contributed by atoms with Crippen molar-refractivity contribution >= 4 is 39.5 Å². The van der Waals surface area contributed by atoms with Gasteiger partial charge in [-0.3, -0.25) is 9.59 Å². The standard InChI is InChI=1S/C22H26BrN3O4/c1-22(2,3)30-19(27)14-24-20(28)18(13-15-7-5-4-6-8-15)26-21(29)25-17-11-9-16(23)10-12-17/h4-12,18H,13-14H2,1-3H3,(H,24,28)(H2,25,26,29). The Labute approximate surface area is 184 Å². The normalized spacial score (nSPS) is 11.9. The largest absolute Gasteiger partial charge is 0.459 e. The van der Waals surface area contributed by atoms with E-state index < -0.39 is 29.6 Å². The van der Waals surface area contributed by atoms with Gasteiger partial charge in [0.1, 0.15) is 18.2 Å². The van der Waals surface area contributed by atoms with Gasteiger partial charge in [0.05, 0.1) is 0 Å². The van der Waals surface area contributed by atoms with Crippen LogP contribution in [-0.2, 0) is 20.7 Å². The van der Waals surface area contributed by atoms with Gasteiger partial charge in [-0.1, -0.05) is 46.3 Å². The summed E-state index contributed by atoms with van der Waals surface area (Å²) in [6.07, 6.45) is 0.273. The Balaban J connectivity index is 2.02. The van der Waals surface area contributed by atoms with E-state index in [4.69, 9.17) is 4.74 Å². The number of benzene rings is 2. The van der Waals surface area contributed by atoms with Crippen LogP contribution in [0, 0.1) is 0 Å². The molecule has 0 radical (unpaired) electrons. The van der Waals surface area contributed by atoms with Crippen molar-refractivity contribution in [3.8, 4) is 0 Å². The Morgan fingerprint density at radius 3 is 2.23 bits per heavy atom. The number of amides is 3. The average molecular weight is 476 g/mol. The Morgan fingerprint density at radius 2 is 1.63 bits per heavy atom. The minimum Gasteiger partial charge on any atom is -0.459 e. The summed E-state index contributed by atoms with van der Waals surface area (Å²) < 4.78 is 6.08. The van der Waals surface area contributed by atoms with Crippen LogP contribution in [-0.4, -0.2) is 36.1 Å². The number of nitrogens with one attached hydrogen (secondary N) is 3. The second kappa shape index (κ2) is 10.8. The summed E-state index contributed by atoms with van der Waals surface area (Å²) in [5, 5.41) is 7.91. The number of esters is 1. The predicted molar refractivity (Wildman–Crippen MR) is 119 cm³/mol. The van der Waals surface area contributed by atoms with Gasteiger partial charge >= 0.3 is 12.0 Å². The molecule has 0 aliphatic carbocycles. The molecule has 0 aliphatic rings. The zero-order valence-electron chi connectivity index (χ0n) is 17.2. The predicted octanol–water partition coefficient (Wildman–Crippen LogP) is 3.64. The number of urea groups is 1. The van der Waals surface area contributed by atoms with Crippen molar-refractivity contribution in [2.45, 2.75) is 38.8 Å². The summed E-state index contributed by atoms with van der Waals surface area (Å²) in [4.78, 5) is 37.0. The third kappa shape index (κ3) is 8.65. The van der Waals surface area contributed by atoms with E-state index in [9.17, 15) is 14.4 Å². The molecule has 3 N–H and O–H groups in total. The third-order valence-corrected chi connectivity index (χ3v) is 4.36. The first-order valence-corrected chi connectivity index (χ1v) is 10.3. The smallest absolute Gasteiger partial charge is 0.325 e. The highest BCUT2D eigenvalue weighted by Crippen LogP contribution is 2.14. The van der Waals surface area contributed by atoms with Crippen LogP contribution < -0.4 is 16.0 Å². The van der Waals surface area contributed by atoms with E-state index in [0.717, 1.165) is 10.0 Å². The fourth-order valence-corrected chi connectivity index (χ4v) is 2.84. The van der Waals surface area contributed by atoms with Gasteiger partial charge in [-0.2, -0.15) is 0 Å². The maximum atomic E-state index is 12.7. The Kier molecular flexibility index (Phi) is 8.41. The molecule has 0 saturated heterocycles. The molecule has 2 aromatic carbocycles. The Morgan fingerprint density at radius 1 is 1.00 bits per heavy atom. The molecular formula is C22H26BrN3O4. The summed E-state index contributed by atoms with van der Waals surface area (Å²) in [7, 11) is 0. The summed E-state index contributed by atoms with van der Waals surface area (Å²) in [6.45, 7) is 4.97. The lowest BCUT2D eigenvalue weighted by Crippen LogP contribution is -2.50. The van der Waals surface area contributed by atoms with E-state index in [1.165, 1.54) is 0 Å². The van der Waals surface area contributed by atoms with Crippen LogP contribution in [0.2, 0.25) is 0 Å². The highest BCUT2D eigenvalue weighted by molar-refractivity contribution is 9.10. The van der Waals surface area contributed by atoms with Crippen molar-refractivity contribution < 1.29 is 19.1 Å². The van der Waals surface area contributed by atoms with Gasteiger partial charge in [0.15, 0.2) is 0 Å². The Hall–Kier alpha value is -2.87. The van der Waals surface area contributed by atoms with Gasteiger partial charge < -0.3 is 20.7 Å². The number of hydrogen-bond donors (Lipinski definition) is 3. The van der Waals surface area contributed by atoms with Gasteiger partial charge in [0.25, 0.3) is 0 Å². The molecule has 0 spiro atoms. The quantitative estimate of drug-likeness (QED) is 0.532. The average Bonchev–Trinajstić information content (AvgIpc) is 2.67. The van der Waals surface area contributed by atoms with E-state index in [1.54, 1.807) is 45.0 Å². The number of hydrogen-bond acceptors (Lipinski definition) is 4. The van der Waals surface area contributed by atoms with Gasteiger partial charge in [-0.15, -0.1) is 0 Å². The van der Waals surface area contributed by atoms with Crippen molar-refractivity contribution in [2.24, 2.45) is 0 Å². The molecule has 0 saturated carbocycles. The maximum Gasteiger partial charge on any atom is 0.325 e. The monoisotopic (exact) mass is 475 g/mol. The molecule has 3 amide bonds. The van der Waals surface area contributed by atoms with E-state index >= 15 is 0 Å². The molecule has 160 valence electrons. The van der Waals surface area contributed by atoms with E-state index in [1.807, 2.05) is 30.3 Å². The topological polar surface area (TPSA) is 96.5 Å². The number of anilines is 1. The Bertz CT molecular complexity index is 864. The summed E-state index contributed by atoms with van der Waals surface area (Å²) in [5.74, 6) is -1.02. The lowest BCUT2D eigenvalue weighted by molar-refractivity contribution is -0.154. The number of carbonyl (C=O) groups excluding carboxylic acids is 3. The van der Waals surface area contributed by atoms with Crippen LogP contribution in [0.1, 0.15) is 26.3 Å². The molecule has 0 aliphatic heterocycles. The molecule has 1 atom stereocenters. The van der Waals surface area contributed by atoms with Gasteiger partial charge in [-0.25, -0.2) is 4.79 Å². The summed E-state index contributed by atoms with van der Waals surface area (Å²) in [5.41, 5.74) is 0.816. The second-order valence-electron chi connectivity index (χ2n) is 7.65. The molecule has 2 aromatic rings. The van der Waals surface area contributed by atoms with E-state index in [-0.39, 0.29) is 13.0 Å². The molecule has 1 unspecified atom stereocenters. The zero-order valence-corrected chi connectivity index (χ0v) is 18.8. The fraction of sp³-hybridized carbons (Fsp3) is 0.318. The maximum absolute atomic E-state index is 12.7.